The topological polar surface area (TPSA) is 72.9 Å². The molecule has 1 N–H and O–H groups in total. The van der Waals surface area contributed by atoms with Gasteiger partial charge >= 0.3 is 0 Å². The van der Waals surface area contributed by atoms with E-state index < -0.39 is 0 Å². The molecule has 84 valence electrons. The molecule has 0 aliphatic rings. The third-order valence-corrected chi connectivity index (χ3v) is 2.51. The highest BCUT2D eigenvalue weighted by Crippen LogP contribution is 2.12. The number of H-pyrrole nitrogens is 1. The van der Waals surface area contributed by atoms with E-state index in [1.54, 1.807) is 29.9 Å². The quantitative estimate of drug-likeness (QED) is 0.642. The molecule has 0 bridgehead atoms. The van der Waals surface area contributed by atoms with Crippen LogP contribution < -0.4 is 4.68 Å². The first-order valence-electron chi connectivity index (χ1n) is 5.14. The first-order valence-corrected chi connectivity index (χ1v) is 5.14. The molecule has 0 unspecified atom stereocenters. The van der Waals surface area contributed by atoms with Crippen molar-refractivity contribution in [3.63, 3.8) is 0 Å². The molecule has 0 fully saturated rings. The molecule has 17 heavy (non-hydrogen) atoms. The predicted molar refractivity (Wildman–Crippen MR) is 61.4 cm³/mol. The molecule has 0 atom stereocenters. The third kappa shape index (κ3) is 2.37. The van der Waals surface area contributed by atoms with E-state index in [4.69, 9.17) is 5.26 Å². The van der Waals surface area contributed by atoms with E-state index in [0.29, 0.717) is 17.8 Å². The van der Waals surface area contributed by atoms with Gasteiger partial charge in [0.25, 0.3) is 0 Å². The van der Waals surface area contributed by atoms with Crippen molar-refractivity contribution in [2.45, 2.75) is 13.5 Å². The highest BCUT2D eigenvalue weighted by molar-refractivity contribution is 5.35. The summed E-state index contributed by atoms with van der Waals surface area (Å²) in [7, 11) is 0. The van der Waals surface area contributed by atoms with Crippen LogP contribution in [-0.2, 0) is 6.54 Å². The van der Waals surface area contributed by atoms with Crippen molar-refractivity contribution in [1.82, 2.24) is 5.10 Å². The van der Waals surface area contributed by atoms with Crippen molar-refractivity contribution in [3.8, 4) is 6.07 Å². The van der Waals surface area contributed by atoms with Gasteiger partial charge in [0, 0.05) is 5.56 Å². The number of aryl methyl sites for hydroxylation is 1. The van der Waals surface area contributed by atoms with Gasteiger partial charge in [0.05, 0.1) is 11.6 Å². The van der Waals surface area contributed by atoms with Crippen LogP contribution in [-0.4, -0.2) is 5.10 Å². The fourth-order valence-electron chi connectivity index (χ4n) is 1.61. The van der Waals surface area contributed by atoms with Gasteiger partial charge < -0.3 is 0 Å². The number of nitriles is 1. The van der Waals surface area contributed by atoms with Crippen LogP contribution in [0.3, 0.4) is 0 Å². The fraction of sp³-hybridized carbons (Fsp3) is 0.167. The van der Waals surface area contributed by atoms with Gasteiger partial charge in [-0.3, -0.25) is 0 Å². The fourth-order valence-corrected chi connectivity index (χ4v) is 1.61. The Morgan fingerprint density at radius 3 is 2.65 bits per heavy atom. The summed E-state index contributed by atoms with van der Waals surface area (Å²) in [5.74, 6) is 0. The van der Waals surface area contributed by atoms with E-state index in [9.17, 15) is 4.91 Å². The predicted octanol–water partition coefficient (Wildman–Crippen LogP) is 1.93. The molecule has 1 heterocycles. The molecule has 0 aliphatic heterocycles. The Labute approximate surface area is 98.3 Å². The molecule has 2 aromatic rings. The minimum absolute atomic E-state index is 0.415. The maximum absolute atomic E-state index is 10.5. The molecule has 5 nitrogen and oxygen atoms in total. The van der Waals surface area contributed by atoms with Gasteiger partial charge in [-0.05, 0) is 24.2 Å². The lowest BCUT2D eigenvalue weighted by Gasteiger charge is -1.94. The second kappa shape index (κ2) is 4.58. The molecule has 0 saturated carbocycles. The molecule has 0 aliphatic carbocycles. The van der Waals surface area contributed by atoms with Crippen LogP contribution in [0.5, 0.6) is 0 Å². The van der Waals surface area contributed by atoms with Crippen LogP contribution in [0.15, 0.2) is 35.6 Å². The van der Waals surface area contributed by atoms with Crippen LogP contribution in [0.1, 0.15) is 16.8 Å². The lowest BCUT2D eigenvalue weighted by atomic mass is 10.1. The summed E-state index contributed by atoms with van der Waals surface area (Å²) in [6, 6.07) is 9.38. The van der Waals surface area contributed by atoms with E-state index in [1.165, 1.54) is 0 Å². The summed E-state index contributed by atoms with van der Waals surface area (Å²) in [5.41, 5.74) is 2.84. The van der Waals surface area contributed by atoms with Crippen LogP contribution in [0, 0.1) is 23.2 Å². The number of nitrogens with one attached hydrogen (secondary N) is 1. The van der Waals surface area contributed by atoms with Gasteiger partial charge in [-0.15, -0.1) is 9.59 Å². The number of nitrogens with zero attached hydrogens (tertiary/aromatic N) is 3. The average molecular weight is 227 g/mol. The zero-order valence-electron chi connectivity index (χ0n) is 9.34. The Kier molecular flexibility index (Phi) is 2.97. The summed E-state index contributed by atoms with van der Waals surface area (Å²) in [6.07, 6.45) is 1.67. The lowest BCUT2D eigenvalue weighted by Crippen LogP contribution is -2.35. The summed E-state index contributed by atoms with van der Waals surface area (Å²) < 4.78 is 1.79. The smallest absolute Gasteiger partial charge is 0.192 e. The lowest BCUT2D eigenvalue weighted by molar-refractivity contribution is -0.742. The SMILES string of the molecule is Cc1[nH][n+](Cc2ccc(C#N)cc2)cc1N=O. The Morgan fingerprint density at radius 2 is 2.12 bits per heavy atom. The minimum Gasteiger partial charge on any atom is -0.192 e. The van der Waals surface area contributed by atoms with Crippen LogP contribution in [0.25, 0.3) is 0 Å². The molecule has 0 amide bonds. The monoisotopic (exact) mass is 227 g/mol. The van der Waals surface area contributed by atoms with Crippen molar-refractivity contribution in [2.24, 2.45) is 5.18 Å². The summed E-state index contributed by atoms with van der Waals surface area (Å²) >= 11 is 0. The molecule has 1 aromatic heterocycles. The maximum Gasteiger partial charge on any atom is 0.225 e. The average Bonchev–Trinajstić information content (AvgIpc) is 2.70. The molecule has 5 heteroatoms. The first-order chi connectivity index (χ1) is 8.22. The van der Waals surface area contributed by atoms with Gasteiger partial charge in [0.2, 0.25) is 6.20 Å². The highest BCUT2D eigenvalue weighted by atomic mass is 16.3. The van der Waals surface area contributed by atoms with E-state index in [1.807, 2.05) is 12.1 Å². The number of rotatable bonds is 3. The summed E-state index contributed by atoms with van der Waals surface area (Å²) in [6.45, 7) is 2.41. The van der Waals surface area contributed by atoms with Crippen molar-refractivity contribution >= 4 is 5.69 Å². The Balaban J connectivity index is 2.19. The van der Waals surface area contributed by atoms with Crippen molar-refractivity contribution < 1.29 is 4.68 Å². The van der Waals surface area contributed by atoms with E-state index >= 15 is 0 Å². The number of aromatic amines is 1. The Hall–Kier alpha value is -2.48. The molecule has 1 aromatic carbocycles. The maximum atomic E-state index is 10.5. The molecule has 0 radical (unpaired) electrons. The van der Waals surface area contributed by atoms with E-state index in [0.717, 1.165) is 11.3 Å². The molecular formula is C12H11N4O+. The number of nitroso groups, excluding NO2 is 1. The number of aromatic nitrogens is 2. The number of benzene rings is 1. The van der Waals surface area contributed by atoms with Gasteiger partial charge in [-0.2, -0.15) is 10.4 Å². The van der Waals surface area contributed by atoms with Crippen LogP contribution in [0.4, 0.5) is 5.69 Å². The Morgan fingerprint density at radius 1 is 1.41 bits per heavy atom. The summed E-state index contributed by atoms with van der Waals surface area (Å²) in [5, 5.41) is 14.6. The second-order valence-corrected chi connectivity index (χ2v) is 3.78. The summed E-state index contributed by atoms with van der Waals surface area (Å²) in [4.78, 5) is 10.5. The van der Waals surface area contributed by atoms with Crippen molar-refractivity contribution in [2.75, 3.05) is 0 Å². The zero-order valence-corrected chi connectivity index (χ0v) is 9.34. The number of hydrogen-bond acceptors (Lipinski definition) is 3. The highest BCUT2D eigenvalue weighted by Gasteiger charge is 2.12. The van der Waals surface area contributed by atoms with Gasteiger partial charge in [0.1, 0.15) is 5.69 Å². The molecule has 2 rings (SSSR count). The normalized spacial score (nSPS) is 9.88. The second-order valence-electron chi connectivity index (χ2n) is 3.78. The first kappa shape index (κ1) is 11.0. The van der Waals surface area contributed by atoms with Gasteiger partial charge in [-0.25, -0.2) is 0 Å². The van der Waals surface area contributed by atoms with Crippen molar-refractivity contribution in [1.29, 1.82) is 5.26 Å². The number of hydrogen-bond donors (Lipinski definition) is 1. The van der Waals surface area contributed by atoms with E-state index in [-0.39, 0.29) is 0 Å². The molecule has 0 spiro atoms. The van der Waals surface area contributed by atoms with Gasteiger partial charge in [0.15, 0.2) is 12.2 Å². The standard InChI is InChI=1S/C12H10N4O/c1-9-12(15-17)8-16(14-9)7-11-4-2-10(6-13)3-5-11/h2-5,8H,7H2,1H3/p+1. The zero-order chi connectivity index (χ0) is 12.3. The van der Waals surface area contributed by atoms with E-state index in [2.05, 4.69) is 16.3 Å². The molecule has 0 saturated heterocycles. The molecular weight excluding hydrogens is 216 g/mol. The minimum atomic E-state index is 0.415. The van der Waals surface area contributed by atoms with Crippen LogP contribution >= 0.6 is 0 Å². The van der Waals surface area contributed by atoms with Crippen LogP contribution in [0.2, 0.25) is 0 Å². The third-order valence-electron chi connectivity index (χ3n) is 2.51. The largest absolute Gasteiger partial charge is 0.225 e. The van der Waals surface area contributed by atoms with Gasteiger partial charge in [-0.1, -0.05) is 12.1 Å². The van der Waals surface area contributed by atoms with Crippen molar-refractivity contribution in [3.05, 3.63) is 52.2 Å². The Bertz CT molecular complexity index is 578.